The van der Waals surface area contributed by atoms with Crippen LogP contribution in [-0.2, 0) is 23.5 Å². The number of aliphatic hydroxyl groups excluding tert-OH is 1. The number of halogens is 1. The number of aryl methyl sites for hydroxylation is 1. The SMILES string of the molecule is C[C@H](/C=C/CCn1cc(C(CO)c2ccccc2)nn1)[C@@]1(O)C(=O)N(Cc2cccc(-n3ncc4ccccc4c3=O)c2)c2ccc(Br)cc21. The molecular formula is C39H35BrN6O4. The van der Waals surface area contributed by atoms with E-state index < -0.39 is 17.4 Å². The molecule has 50 heavy (non-hydrogen) atoms. The van der Waals surface area contributed by atoms with Crippen LogP contribution in [0.1, 0.15) is 41.6 Å². The number of amides is 1. The number of rotatable bonds is 11. The van der Waals surface area contributed by atoms with Crippen LogP contribution in [0.4, 0.5) is 5.69 Å². The molecular weight excluding hydrogens is 696 g/mol. The van der Waals surface area contributed by atoms with Gasteiger partial charge in [-0.2, -0.15) is 9.78 Å². The highest BCUT2D eigenvalue weighted by Crippen LogP contribution is 2.46. The Labute approximate surface area is 297 Å². The zero-order valence-electron chi connectivity index (χ0n) is 27.3. The van der Waals surface area contributed by atoms with Crippen molar-refractivity contribution in [2.75, 3.05) is 11.5 Å². The van der Waals surface area contributed by atoms with Crippen molar-refractivity contribution in [3.8, 4) is 5.69 Å². The minimum absolute atomic E-state index is 0.0749. The summed E-state index contributed by atoms with van der Waals surface area (Å²) in [5, 5.41) is 36.4. The number of benzene rings is 4. The summed E-state index contributed by atoms with van der Waals surface area (Å²) >= 11 is 3.52. The molecule has 0 aliphatic carbocycles. The second-order valence-electron chi connectivity index (χ2n) is 12.5. The molecule has 1 amide bonds. The molecule has 3 atom stereocenters. The van der Waals surface area contributed by atoms with Crippen LogP contribution in [0.25, 0.3) is 16.5 Å². The average molecular weight is 732 g/mol. The van der Waals surface area contributed by atoms with Gasteiger partial charge in [-0.25, -0.2) is 0 Å². The van der Waals surface area contributed by atoms with Gasteiger partial charge in [-0.3, -0.25) is 14.3 Å². The third-order valence-electron chi connectivity index (χ3n) is 9.33. The van der Waals surface area contributed by atoms with E-state index in [-0.39, 0.29) is 24.6 Å². The third-order valence-corrected chi connectivity index (χ3v) is 9.82. The van der Waals surface area contributed by atoms with E-state index in [1.54, 1.807) is 34.0 Å². The third kappa shape index (κ3) is 6.19. The van der Waals surface area contributed by atoms with E-state index in [0.717, 1.165) is 21.0 Å². The fourth-order valence-electron chi connectivity index (χ4n) is 6.60. The second-order valence-corrected chi connectivity index (χ2v) is 13.4. The summed E-state index contributed by atoms with van der Waals surface area (Å²) in [6.07, 6.45) is 7.90. The molecule has 0 radical (unpaired) electrons. The number of aromatic nitrogens is 5. The van der Waals surface area contributed by atoms with Gasteiger partial charge in [-0.15, -0.1) is 5.10 Å². The molecule has 0 bridgehead atoms. The molecule has 3 heterocycles. The maximum Gasteiger partial charge on any atom is 0.279 e. The van der Waals surface area contributed by atoms with Gasteiger partial charge in [0.25, 0.3) is 11.5 Å². The lowest BCUT2D eigenvalue weighted by Crippen LogP contribution is -2.44. The van der Waals surface area contributed by atoms with E-state index >= 15 is 0 Å². The number of carbonyl (C=O) groups excluding carboxylic acids is 1. The Bertz CT molecular complexity index is 2270. The van der Waals surface area contributed by atoms with E-state index in [1.165, 1.54) is 4.68 Å². The van der Waals surface area contributed by atoms with E-state index in [9.17, 15) is 19.8 Å². The molecule has 2 N–H and O–H groups in total. The predicted molar refractivity (Wildman–Crippen MR) is 195 cm³/mol. The summed E-state index contributed by atoms with van der Waals surface area (Å²) in [6.45, 7) is 2.48. The summed E-state index contributed by atoms with van der Waals surface area (Å²) in [5.41, 5.74) is 2.14. The van der Waals surface area contributed by atoms with Crippen molar-refractivity contribution in [2.24, 2.45) is 5.92 Å². The summed E-state index contributed by atoms with van der Waals surface area (Å²) in [4.78, 5) is 29.0. The fourth-order valence-corrected chi connectivity index (χ4v) is 6.97. The van der Waals surface area contributed by atoms with Crippen LogP contribution in [-0.4, -0.2) is 47.5 Å². The van der Waals surface area contributed by atoms with Gasteiger partial charge >= 0.3 is 0 Å². The molecule has 11 heteroatoms. The first-order valence-electron chi connectivity index (χ1n) is 16.4. The summed E-state index contributed by atoms with van der Waals surface area (Å²) in [7, 11) is 0. The fraction of sp³-hybridized carbons (Fsp3) is 0.205. The molecule has 0 fully saturated rings. The summed E-state index contributed by atoms with van der Waals surface area (Å²) in [6, 6.07) is 29.9. The van der Waals surface area contributed by atoms with Crippen LogP contribution in [0.15, 0.2) is 131 Å². The molecule has 1 unspecified atom stereocenters. The van der Waals surface area contributed by atoms with Crippen molar-refractivity contribution in [1.82, 2.24) is 24.8 Å². The quantitative estimate of drug-likeness (QED) is 0.160. The minimum Gasteiger partial charge on any atom is -0.395 e. The largest absolute Gasteiger partial charge is 0.395 e. The Balaban J connectivity index is 1.08. The van der Waals surface area contributed by atoms with Crippen LogP contribution in [0.3, 0.4) is 0 Å². The molecule has 252 valence electrons. The molecule has 6 aromatic rings. The number of anilines is 1. The van der Waals surface area contributed by atoms with Crippen LogP contribution < -0.4 is 10.5 Å². The van der Waals surface area contributed by atoms with Crippen molar-refractivity contribution in [3.05, 3.63) is 159 Å². The average Bonchev–Trinajstić information content (AvgIpc) is 3.68. The topological polar surface area (TPSA) is 126 Å². The van der Waals surface area contributed by atoms with Gasteiger partial charge in [0.15, 0.2) is 5.60 Å². The molecule has 0 spiro atoms. The van der Waals surface area contributed by atoms with Gasteiger partial charge in [0.1, 0.15) is 0 Å². The van der Waals surface area contributed by atoms with Gasteiger partial charge in [0.2, 0.25) is 0 Å². The standard InChI is InChI=1S/C39H35BrN6O4/c1-26(10-7-8-19-44-24-35(42-43-44)33(25-47)28-12-3-2-4-13-28)39(50)34-21-30(40)17-18-36(34)45(38(39)49)23-27-11-9-15-31(20-27)46-37(48)32-16-6-5-14-29(32)22-41-46/h2-7,9-18,20-22,24,26,33,47,50H,8,19,23,25H2,1H3/b10-7+/t26-,33?,39+/m1/s1. The van der Waals surface area contributed by atoms with Crippen molar-refractivity contribution in [1.29, 1.82) is 0 Å². The number of nitrogens with zero attached hydrogens (tertiary/aromatic N) is 6. The zero-order valence-corrected chi connectivity index (χ0v) is 28.9. The maximum absolute atomic E-state index is 14.2. The summed E-state index contributed by atoms with van der Waals surface area (Å²) in [5.74, 6) is -1.24. The smallest absolute Gasteiger partial charge is 0.279 e. The molecule has 1 aliphatic rings. The first-order chi connectivity index (χ1) is 24.3. The molecule has 1 aliphatic heterocycles. The van der Waals surface area contributed by atoms with E-state index in [0.29, 0.717) is 41.0 Å². The Morgan fingerprint density at radius 1 is 0.960 bits per heavy atom. The summed E-state index contributed by atoms with van der Waals surface area (Å²) < 4.78 is 3.85. The van der Waals surface area contributed by atoms with Crippen molar-refractivity contribution in [3.63, 3.8) is 0 Å². The molecule has 2 aromatic heterocycles. The van der Waals surface area contributed by atoms with Crippen molar-refractivity contribution < 1.29 is 15.0 Å². The highest BCUT2D eigenvalue weighted by atomic mass is 79.9. The monoisotopic (exact) mass is 730 g/mol. The number of hydrogen-bond donors (Lipinski definition) is 2. The van der Waals surface area contributed by atoms with Gasteiger partial charge in [0, 0.05) is 34.1 Å². The Morgan fingerprint density at radius 3 is 2.58 bits per heavy atom. The van der Waals surface area contributed by atoms with E-state index in [1.807, 2.05) is 104 Å². The van der Waals surface area contributed by atoms with Crippen LogP contribution in [0.5, 0.6) is 0 Å². The number of hydrogen-bond acceptors (Lipinski definition) is 7. The maximum atomic E-state index is 14.2. The first-order valence-corrected chi connectivity index (χ1v) is 17.2. The Kier molecular flexibility index (Phi) is 9.28. The zero-order chi connectivity index (χ0) is 34.8. The van der Waals surface area contributed by atoms with Crippen molar-refractivity contribution in [2.45, 2.75) is 38.0 Å². The highest BCUT2D eigenvalue weighted by molar-refractivity contribution is 9.10. The lowest BCUT2D eigenvalue weighted by atomic mass is 9.83. The van der Waals surface area contributed by atoms with Gasteiger partial charge in [-0.05, 0) is 53.9 Å². The van der Waals surface area contributed by atoms with E-state index in [4.69, 9.17) is 0 Å². The number of carbonyl (C=O) groups is 1. The predicted octanol–water partition coefficient (Wildman–Crippen LogP) is 5.88. The van der Waals surface area contributed by atoms with Gasteiger partial charge in [-0.1, -0.05) is 101 Å². The highest BCUT2D eigenvalue weighted by Gasteiger charge is 2.52. The minimum atomic E-state index is -1.80. The van der Waals surface area contributed by atoms with Crippen LogP contribution in [0, 0.1) is 5.92 Å². The van der Waals surface area contributed by atoms with E-state index in [2.05, 4.69) is 31.3 Å². The lowest BCUT2D eigenvalue weighted by Gasteiger charge is -2.28. The van der Waals surface area contributed by atoms with Gasteiger partial charge in [0.05, 0.1) is 47.7 Å². The number of aliphatic hydroxyl groups is 2. The first kappa shape index (κ1) is 33.3. The normalized spacial score (nSPS) is 17.0. The number of allylic oxidation sites excluding steroid dienone is 1. The Morgan fingerprint density at radius 2 is 1.76 bits per heavy atom. The molecule has 4 aromatic carbocycles. The molecule has 0 saturated carbocycles. The van der Waals surface area contributed by atoms with Crippen molar-refractivity contribution >= 4 is 38.3 Å². The second kappa shape index (κ2) is 13.9. The van der Waals surface area contributed by atoms with Gasteiger partial charge < -0.3 is 15.1 Å². The van der Waals surface area contributed by atoms with Crippen LogP contribution in [0.2, 0.25) is 0 Å². The van der Waals surface area contributed by atoms with Crippen LogP contribution >= 0.6 is 15.9 Å². The molecule has 10 nitrogen and oxygen atoms in total. The molecule has 7 rings (SSSR count). The molecule has 0 saturated heterocycles. The number of fused-ring (bicyclic) bond motifs is 2. The lowest BCUT2D eigenvalue weighted by molar-refractivity contribution is -0.139. The Hall–Kier alpha value is -5.23.